The van der Waals surface area contributed by atoms with Gasteiger partial charge in [0.25, 0.3) is 0 Å². The Kier molecular flexibility index (Phi) is 2.35. The topological polar surface area (TPSA) is 59.1 Å². The number of rotatable bonds is 2. The van der Waals surface area contributed by atoms with Crippen molar-refractivity contribution in [1.82, 2.24) is 0 Å². The summed E-state index contributed by atoms with van der Waals surface area (Å²) < 4.78 is 10.8. The van der Waals surface area contributed by atoms with Crippen molar-refractivity contribution in [2.24, 2.45) is 0 Å². The molecule has 0 bridgehead atoms. The summed E-state index contributed by atoms with van der Waals surface area (Å²) in [6, 6.07) is 0. The third-order valence-corrected chi connectivity index (χ3v) is 8.12. The maximum absolute atomic E-state index is 11.7. The van der Waals surface area contributed by atoms with Gasteiger partial charge >= 0.3 is 0 Å². The lowest BCUT2D eigenvalue weighted by Crippen LogP contribution is -2.49. The standard InChI is InChI=1S/C11H18O4Si/c1-11(2,3)16(4,5)15-8-6(12)9-10(14-9)7(8)13/h6,8,12H,1-5H3/t6-,8-/m1/s1. The van der Waals surface area contributed by atoms with Crippen molar-refractivity contribution < 1.29 is 19.1 Å². The molecular formula is C11H18O4Si. The largest absolute Gasteiger partial charge is 0.447 e. The van der Waals surface area contributed by atoms with Crippen LogP contribution in [0.4, 0.5) is 0 Å². The maximum atomic E-state index is 11.7. The average molecular weight is 242 g/mol. The van der Waals surface area contributed by atoms with Crippen LogP contribution in [-0.2, 0) is 14.0 Å². The van der Waals surface area contributed by atoms with E-state index in [-0.39, 0.29) is 10.8 Å². The number of hydrogen-bond donors (Lipinski definition) is 1. The van der Waals surface area contributed by atoms with Gasteiger partial charge in [-0.25, -0.2) is 0 Å². The summed E-state index contributed by atoms with van der Waals surface area (Å²) in [5, 5.41) is 9.82. The van der Waals surface area contributed by atoms with Crippen LogP contribution in [0.15, 0.2) is 11.5 Å². The van der Waals surface area contributed by atoms with Gasteiger partial charge in [-0.2, -0.15) is 0 Å². The molecule has 0 radical (unpaired) electrons. The summed E-state index contributed by atoms with van der Waals surface area (Å²) in [4.78, 5) is 11.7. The number of aliphatic hydroxyl groups excluding tert-OH is 1. The van der Waals surface area contributed by atoms with Gasteiger partial charge in [-0.05, 0) is 18.1 Å². The molecule has 0 unspecified atom stereocenters. The molecule has 2 aliphatic rings. The summed E-state index contributed by atoms with van der Waals surface area (Å²) in [6.45, 7) is 10.4. The molecule has 2 rings (SSSR count). The molecule has 0 fully saturated rings. The summed E-state index contributed by atoms with van der Waals surface area (Å²) in [7, 11) is -2.03. The van der Waals surface area contributed by atoms with Crippen LogP contribution in [0.3, 0.4) is 0 Å². The van der Waals surface area contributed by atoms with E-state index in [9.17, 15) is 9.90 Å². The van der Waals surface area contributed by atoms with Crippen molar-refractivity contribution in [1.29, 1.82) is 0 Å². The van der Waals surface area contributed by atoms with E-state index < -0.39 is 20.5 Å². The average Bonchev–Trinajstić information content (AvgIpc) is 2.84. The Morgan fingerprint density at radius 2 is 1.94 bits per heavy atom. The van der Waals surface area contributed by atoms with Gasteiger partial charge in [0, 0.05) is 0 Å². The lowest BCUT2D eigenvalue weighted by molar-refractivity contribution is -0.128. The second kappa shape index (κ2) is 3.18. The van der Waals surface area contributed by atoms with Crippen LogP contribution in [0.2, 0.25) is 18.1 Å². The molecule has 2 atom stereocenters. The number of Topliss-reactive ketones (excluding diaryl/α,β-unsaturated/α-hetero) is 1. The highest BCUT2D eigenvalue weighted by molar-refractivity contribution is 6.74. The lowest BCUT2D eigenvalue weighted by atomic mass is 10.2. The first-order chi connectivity index (χ1) is 7.15. The fraction of sp³-hybridized carbons (Fsp3) is 0.727. The molecule has 16 heavy (non-hydrogen) atoms. The fourth-order valence-electron chi connectivity index (χ4n) is 1.47. The Balaban J connectivity index is 2.10. The number of carbonyl (C=O) groups is 1. The van der Waals surface area contributed by atoms with E-state index in [1.807, 2.05) is 0 Å². The highest BCUT2D eigenvalue weighted by Gasteiger charge is 2.56. The summed E-state index contributed by atoms with van der Waals surface area (Å²) in [6.07, 6.45) is -1.63. The number of carbonyl (C=O) groups excluding carboxylic acids is 1. The molecule has 0 spiro atoms. The van der Waals surface area contributed by atoms with E-state index in [1.54, 1.807) is 0 Å². The zero-order chi connectivity index (χ0) is 12.3. The number of hydrogen-bond acceptors (Lipinski definition) is 4. The molecule has 0 aromatic carbocycles. The van der Waals surface area contributed by atoms with Crippen molar-refractivity contribution in [3.63, 3.8) is 0 Å². The van der Waals surface area contributed by atoms with Gasteiger partial charge in [-0.3, -0.25) is 4.79 Å². The second-order valence-corrected chi connectivity index (χ2v) is 10.7. The Morgan fingerprint density at radius 3 is 2.31 bits per heavy atom. The van der Waals surface area contributed by atoms with Gasteiger partial charge in [-0.15, -0.1) is 0 Å². The van der Waals surface area contributed by atoms with Crippen LogP contribution in [0.1, 0.15) is 20.8 Å². The number of aliphatic hydroxyl groups is 1. The minimum Gasteiger partial charge on any atom is -0.447 e. The number of ether oxygens (including phenoxy) is 1. The first kappa shape index (κ1) is 11.8. The monoisotopic (exact) mass is 242 g/mol. The quantitative estimate of drug-likeness (QED) is 0.747. The predicted molar refractivity (Wildman–Crippen MR) is 61.2 cm³/mol. The van der Waals surface area contributed by atoms with Gasteiger partial charge in [0.2, 0.25) is 11.5 Å². The molecule has 0 saturated carbocycles. The SMILES string of the molecule is CC(C)(C)[Si](C)(C)O[C@H]1C(=O)C2=C(O2)[C@@H]1O. The molecule has 90 valence electrons. The maximum Gasteiger partial charge on any atom is 0.232 e. The summed E-state index contributed by atoms with van der Waals surface area (Å²) in [5.74, 6) is 0.525. The molecule has 1 N–H and O–H groups in total. The van der Waals surface area contributed by atoms with Crippen LogP contribution >= 0.6 is 0 Å². The van der Waals surface area contributed by atoms with E-state index in [1.165, 1.54) is 0 Å². The van der Waals surface area contributed by atoms with Gasteiger partial charge in [0.1, 0.15) is 12.2 Å². The van der Waals surface area contributed by atoms with E-state index in [0.29, 0.717) is 11.5 Å². The second-order valence-electron chi connectivity index (χ2n) is 5.90. The smallest absolute Gasteiger partial charge is 0.232 e. The molecule has 0 aromatic rings. The summed E-state index contributed by atoms with van der Waals surface area (Å²) in [5.41, 5.74) is 0. The Bertz CT molecular complexity index is 378. The van der Waals surface area contributed by atoms with Crippen LogP contribution in [0, 0.1) is 0 Å². The third-order valence-electron chi connectivity index (χ3n) is 3.66. The third kappa shape index (κ3) is 1.63. The molecule has 0 saturated heterocycles. The molecule has 4 nitrogen and oxygen atoms in total. The van der Waals surface area contributed by atoms with Crippen LogP contribution in [-0.4, -0.2) is 31.4 Å². The van der Waals surface area contributed by atoms with Gasteiger partial charge in [-0.1, -0.05) is 20.8 Å². The minimum absolute atomic E-state index is 0.0238. The van der Waals surface area contributed by atoms with Crippen molar-refractivity contribution in [2.75, 3.05) is 0 Å². The molecule has 0 aromatic heterocycles. The highest BCUT2D eigenvalue weighted by atomic mass is 28.4. The van der Waals surface area contributed by atoms with Crippen LogP contribution in [0.5, 0.6) is 0 Å². The highest BCUT2D eigenvalue weighted by Crippen LogP contribution is 2.44. The van der Waals surface area contributed by atoms with Crippen molar-refractivity contribution >= 4 is 14.1 Å². The molecule has 5 heteroatoms. The van der Waals surface area contributed by atoms with Crippen molar-refractivity contribution in [3.8, 4) is 0 Å². The van der Waals surface area contributed by atoms with Crippen molar-refractivity contribution in [2.45, 2.75) is 51.1 Å². The van der Waals surface area contributed by atoms with Gasteiger partial charge in [0.15, 0.2) is 14.1 Å². The Labute approximate surface area is 96.4 Å². The Morgan fingerprint density at radius 1 is 1.38 bits per heavy atom. The van der Waals surface area contributed by atoms with Gasteiger partial charge < -0.3 is 14.3 Å². The van der Waals surface area contributed by atoms with Crippen LogP contribution in [0.25, 0.3) is 0 Å². The normalized spacial score (nSPS) is 29.2. The van der Waals surface area contributed by atoms with E-state index in [4.69, 9.17) is 9.16 Å². The van der Waals surface area contributed by atoms with E-state index in [0.717, 1.165) is 0 Å². The van der Waals surface area contributed by atoms with Gasteiger partial charge in [0.05, 0.1) is 0 Å². The van der Waals surface area contributed by atoms with Crippen molar-refractivity contribution in [3.05, 3.63) is 11.5 Å². The zero-order valence-corrected chi connectivity index (χ0v) is 11.3. The lowest BCUT2D eigenvalue weighted by Gasteiger charge is -2.38. The fourth-order valence-corrected chi connectivity index (χ4v) is 2.70. The first-order valence-corrected chi connectivity index (χ1v) is 8.38. The first-order valence-electron chi connectivity index (χ1n) is 5.47. The predicted octanol–water partition coefficient (Wildman–Crippen LogP) is 1.56. The zero-order valence-electron chi connectivity index (χ0n) is 10.3. The summed E-state index contributed by atoms with van der Waals surface area (Å²) >= 11 is 0. The molecule has 1 heterocycles. The van der Waals surface area contributed by atoms with Crippen LogP contribution < -0.4 is 0 Å². The molecule has 0 amide bonds. The minimum atomic E-state index is -2.03. The van der Waals surface area contributed by atoms with E-state index >= 15 is 0 Å². The Hall–Kier alpha value is -0.653. The molecular weight excluding hydrogens is 224 g/mol. The number of ketones is 1. The molecule has 1 aliphatic carbocycles. The van der Waals surface area contributed by atoms with E-state index in [2.05, 4.69) is 33.9 Å². The molecule has 1 aliphatic heterocycles.